The van der Waals surface area contributed by atoms with Gasteiger partial charge in [0.05, 0.1) is 5.75 Å². The molecule has 0 atom stereocenters. The molecule has 0 saturated carbocycles. The molecule has 0 saturated heterocycles. The first-order valence-corrected chi connectivity index (χ1v) is 8.10. The van der Waals surface area contributed by atoms with Crippen molar-refractivity contribution in [1.29, 1.82) is 0 Å². The lowest BCUT2D eigenvalue weighted by molar-refractivity contribution is 0.0782. The second-order valence-electron chi connectivity index (χ2n) is 4.40. The molecule has 0 heterocycles. The van der Waals surface area contributed by atoms with E-state index in [1.54, 1.807) is 35.2 Å². The normalized spacial score (nSPS) is 11.1. The Bertz CT molecular complexity index is 547. The Labute approximate surface area is 114 Å². The van der Waals surface area contributed by atoms with Gasteiger partial charge in [0.2, 0.25) is 0 Å². The summed E-state index contributed by atoms with van der Waals surface area (Å²) in [7, 11) is -3.05. The average Bonchev–Trinajstić information content (AvgIpc) is 2.34. The number of rotatable bonds is 6. The van der Waals surface area contributed by atoms with Gasteiger partial charge < -0.3 is 4.90 Å². The first kappa shape index (κ1) is 15.4. The minimum absolute atomic E-state index is 0.00831. The van der Waals surface area contributed by atoms with Gasteiger partial charge in [0, 0.05) is 24.9 Å². The fourth-order valence-corrected chi connectivity index (χ4v) is 2.54. The van der Waals surface area contributed by atoms with Gasteiger partial charge in [-0.3, -0.25) is 4.79 Å². The highest BCUT2D eigenvalue weighted by Crippen LogP contribution is 2.10. The summed E-state index contributed by atoms with van der Waals surface area (Å²) in [4.78, 5) is 13.8. The molecule has 5 heteroatoms. The van der Waals surface area contributed by atoms with Gasteiger partial charge in [0.1, 0.15) is 0 Å². The van der Waals surface area contributed by atoms with Gasteiger partial charge in [-0.2, -0.15) is 0 Å². The maximum atomic E-state index is 12.1. The van der Waals surface area contributed by atoms with Crippen molar-refractivity contribution in [2.75, 3.05) is 19.3 Å². The first-order chi connectivity index (χ1) is 8.87. The van der Waals surface area contributed by atoms with Crippen molar-refractivity contribution < 1.29 is 13.2 Å². The van der Waals surface area contributed by atoms with Gasteiger partial charge in [0.15, 0.2) is 9.84 Å². The third-order valence-electron chi connectivity index (χ3n) is 2.65. The molecule has 1 aromatic rings. The van der Waals surface area contributed by atoms with Crippen LogP contribution in [0.4, 0.5) is 0 Å². The van der Waals surface area contributed by atoms with Gasteiger partial charge in [0.25, 0.3) is 5.91 Å². The van der Waals surface area contributed by atoms with Crippen molar-refractivity contribution >= 4 is 15.7 Å². The lowest BCUT2D eigenvalue weighted by atomic mass is 10.1. The van der Waals surface area contributed by atoms with Crippen molar-refractivity contribution in [3.8, 4) is 0 Å². The SMILES string of the molecule is C=CCN(CC)C(=O)c1ccc(CS(C)(=O)=O)cc1. The quantitative estimate of drug-likeness (QED) is 0.748. The third-order valence-corrected chi connectivity index (χ3v) is 3.51. The molecule has 4 nitrogen and oxygen atoms in total. The fourth-order valence-electron chi connectivity index (χ4n) is 1.74. The predicted molar refractivity (Wildman–Crippen MR) is 76.8 cm³/mol. The second-order valence-corrected chi connectivity index (χ2v) is 6.54. The number of hydrogen-bond acceptors (Lipinski definition) is 3. The zero-order valence-electron chi connectivity index (χ0n) is 11.3. The summed E-state index contributed by atoms with van der Waals surface area (Å²) >= 11 is 0. The summed E-state index contributed by atoms with van der Waals surface area (Å²) in [5, 5.41) is 0. The molecule has 19 heavy (non-hydrogen) atoms. The van der Waals surface area contributed by atoms with Crippen LogP contribution in [0, 0.1) is 0 Å². The van der Waals surface area contributed by atoms with Gasteiger partial charge in [-0.15, -0.1) is 6.58 Å². The topological polar surface area (TPSA) is 54.5 Å². The van der Waals surface area contributed by atoms with Crippen molar-refractivity contribution in [1.82, 2.24) is 4.90 Å². The molecule has 0 fully saturated rings. The summed E-state index contributed by atoms with van der Waals surface area (Å²) < 4.78 is 22.3. The molecule has 0 aromatic heterocycles. The Kier molecular flexibility index (Phi) is 5.30. The van der Waals surface area contributed by atoms with E-state index < -0.39 is 9.84 Å². The number of likely N-dealkylation sites (N-methyl/N-ethyl adjacent to an activating group) is 1. The monoisotopic (exact) mass is 281 g/mol. The molecule has 0 aliphatic heterocycles. The van der Waals surface area contributed by atoms with Crippen LogP contribution in [0.1, 0.15) is 22.8 Å². The molecule has 0 bridgehead atoms. The van der Waals surface area contributed by atoms with Crippen LogP contribution >= 0.6 is 0 Å². The molecule has 0 radical (unpaired) electrons. The maximum absolute atomic E-state index is 12.1. The Morgan fingerprint density at radius 2 is 1.89 bits per heavy atom. The summed E-state index contributed by atoms with van der Waals surface area (Å²) in [6, 6.07) is 6.68. The van der Waals surface area contributed by atoms with E-state index in [9.17, 15) is 13.2 Å². The third kappa shape index (κ3) is 4.87. The van der Waals surface area contributed by atoms with Crippen LogP contribution in [0.3, 0.4) is 0 Å². The van der Waals surface area contributed by atoms with Crippen LogP contribution in [-0.4, -0.2) is 38.6 Å². The van der Waals surface area contributed by atoms with E-state index in [-0.39, 0.29) is 11.7 Å². The fraction of sp³-hybridized carbons (Fsp3) is 0.357. The van der Waals surface area contributed by atoms with E-state index in [4.69, 9.17) is 0 Å². The molecular weight excluding hydrogens is 262 g/mol. The van der Waals surface area contributed by atoms with Crippen molar-refractivity contribution in [3.05, 3.63) is 48.0 Å². The minimum Gasteiger partial charge on any atom is -0.335 e. The van der Waals surface area contributed by atoms with E-state index in [1.165, 1.54) is 6.26 Å². The van der Waals surface area contributed by atoms with Gasteiger partial charge in [-0.05, 0) is 24.6 Å². The molecule has 1 rings (SSSR count). The maximum Gasteiger partial charge on any atom is 0.254 e. The number of sulfone groups is 1. The van der Waals surface area contributed by atoms with Crippen LogP contribution in [-0.2, 0) is 15.6 Å². The molecule has 1 amide bonds. The number of amides is 1. The first-order valence-electron chi connectivity index (χ1n) is 6.04. The van der Waals surface area contributed by atoms with Crippen molar-refractivity contribution in [2.45, 2.75) is 12.7 Å². The number of nitrogens with zero attached hydrogens (tertiary/aromatic N) is 1. The Hall–Kier alpha value is -1.62. The lowest BCUT2D eigenvalue weighted by Crippen LogP contribution is -2.30. The number of benzene rings is 1. The predicted octanol–water partition coefficient (Wildman–Crippen LogP) is 1.88. The van der Waals surface area contributed by atoms with Crippen molar-refractivity contribution in [2.24, 2.45) is 0 Å². The standard InChI is InChI=1S/C14H19NO3S/c1-4-10-15(5-2)14(16)13-8-6-12(7-9-13)11-19(3,17)18/h4,6-9H,1,5,10-11H2,2-3H3. The summed E-state index contributed by atoms with van der Waals surface area (Å²) in [6.07, 6.45) is 2.87. The minimum atomic E-state index is -3.05. The lowest BCUT2D eigenvalue weighted by Gasteiger charge is -2.19. The number of carbonyl (C=O) groups excluding carboxylic acids is 1. The molecule has 0 unspecified atom stereocenters. The highest BCUT2D eigenvalue weighted by Gasteiger charge is 2.13. The van der Waals surface area contributed by atoms with Crippen LogP contribution in [0.2, 0.25) is 0 Å². The molecule has 0 aliphatic rings. The largest absolute Gasteiger partial charge is 0.335 e. The zero-order chi connectivity index (χ0) is 14.5. The summed E-state index contributed by atoms with van der Waals surface area (Å²) in [5.74, 6) is -0.0840. The summed E-state index contributed by atoms with van der Waals surface area (Å²) in [6.45, 7) is 6.63. The van der Waals surface area contributed by atoms with E-state index in [2.05, 4.69) is 6.58 Å². The molecule has 1 aromatic carbocycles. The Morgan fingerprint density at radius 3 is 2.32 bits per heavy atom. The van der Waals surface area contributed by atoms with E-state index >= 15 is 0 Å². The summed E-state index contributed by atoms with van der Waals surface area (Å²) in [5.41, 5.74) is 1.24. The van der Waals surface area contributed by atoms with Crippen LogP contribution in [0.25, 0.3) is 0 Å². The van der Waals surface area contributed by atoms with Gasteiger partial charge >= 0.3 is 0 Å². The van der Waals surface area contributed by atoms with Crippen LogP contribution in [0.5, 0.6) is 0 Å². The Balaban J connectivity index is 2.86. The number of carbonyl (C=O) groups is 1. The van der Waals surface area contributed by atoms with E-state index in [0.29, 0.717) is 24.2 Å². The van der Waals surface area contributed by atoms with Crippen LogP contribution < -0.4 is 0 Å². The van der Waals surface area contributed by atoms with Gasteiger partial charge in [-0.25, -0.2) is 8.42 Å². The molecular formula is C14H19NO3S. The van der Waals surface area contributed by atoms with Gasteiger partial charge in [-0.1, -0.05) is 18.2 Å². The molecule has 0 spiro atoms. The highest BCUT2D eigenvalue weighted by molar-refractivity contribution is 7.89. The zero-order valence-corrected chi connectivity index (χ0v) is 12.1. The average molecular weight is 281 g/mol. The molecule has 0 aliphatic carbocycles. The van der Waals surface area contributed by atoms with E-state index in [1.807, 2.05) is 6.92 Å². The van der Waals surface area contributed by atoms with Crippen molar-refractivity contribution in [3.63, 3.8) is 0 Å². The molecule has 0 N–H and O–H groups in total. The highest BCUT2D eigenvalue weighted by atomic mass is 32.2. The second kappa shape index (κ2) is 6.52. The molecule has 104 valence electrons. The number of hydrogen-bond donors (Lipinski definition) is 0. The Morgan fingerprint density at radius 1 is 1.32 bits per heavy atom. The van der Waals surface area contributed by atoms with E-state index in [0.717, 1.165) is 0 Å². The smallest absolute Gasteiger partial charge is 0.254 e. The van der Waals surface area contributed by atoms with Crippen LogP contribution in [0.15, 0.2) is 36.9 Å².